The molecule has 1 aliphatic heterocycles. The summed E-state index contributed by atoms with van der Waals surface area (Å²) in [5.74, 6) is 6.52. The van der Waals surface area contributed by atoms with Gasteiger partial charge in [-0.25, -0.2) is 0 Å². The first-order chi connectivity index (χ1) is 7.66. The monoisotopic (exact) mass is 227 g/mol. The van der Waals surface area contributed by atoms with E-state index in [-0.39, 0.29) is 5.54 Å². The van der Waals surface area contributed by atoms with E-state index in [4.69, 9.17) is 10.6 Å². The third-order valence-electron chi connectivity index (χ3n) is 4.39. The van der Waals surface area contributed by atoms with Crippen molar-refractivity contribution in [2.45, 2.75) is 44.7 Å². The van der Waals surface area contributed by atoms with Gasteiger partial charge in [0.15, 0.2) is 0 Å². The van der Waals surface area contributed by atoms with Gasteiger partial charge in [-0.1, -0.05) is 6.42 Å². The number of ether oxygens (including phenoxy) is 1. The maximum atomic E-state index is 5.77. The van der Waals surface area contributed by atoms with Crippen LogP contribution in [0.1, 0.15) is 33.1 Å². The van der Waals surface area contributed by atoms with Gasteiger partial charge in [-0.15, -0.1) is 0 Å². The molecule has 1 atom stereocenters. The van der Waals surface area contributed by atoms with E-state index >= 15 is 0 Å². The van der Waals surface area contributed by atoms with Crippen LogP contribution in [0.3, 0.4) is 0 Å². The van der Waals surface area contributed by atoms with Crippen LogP contribution < -0.4 is 11.3 Å². The lowest BCUT2D eigenvalue weighted by Crippen LogP contribution is -2.64. The second-order valence-electron chi connectivity index (χ2n) is 5.59. The molecule has 94 valence electrons. The van der Waals surface area contributed by atoms with Crippen LogP contribution in [0.5, 0.6) is 0 Å². The number of rotatable bonds is 4. The molecular formula is C12H25N3O. The van der Waals surface area contributed by atoms with Gasteiger partial charge in [0.2, 0.25) is 0 Å². The number of hydrogen-bond acceptors (Lipinski definition) is 4. The maximum absolute atomic E-state index is 5.77. The third kappa shape index (κ3) is 2.25. The molecule has 0 aromatic rings. The first kappa shape index (κ1) is 12.3. The van der Waals surface area contributed by atoms with Gasteiger partial charge in [-0.05, 0) is 32.6 Å². The molecule has 0 aromatic carbocycles. The van der Waals surface area contributed by atoms with Gasteiger partial charge >= 0.3 is 0 Å². The Morgan fingerprint density at radius 3 is 2.38 bits per heavy atom. The van der Waals surface area contributed by atoms with Gasteiger partial charge in [-0.2, -0.15) is 0 Å². The highest BCUT2D eigenvalue weighted by Gasteiger charge is 2.41. The molecule has 16 heavy (non-hydrogen) atoms. The zero-order valence-electron chi connectivity index (χ0n) is 10.5. The fourth-order valence-corrected chi connectivity index (χ4v) is 3.03. The molecule has 4 nitrogen and oxygen atoms in total. The topological polar surface area (TPSA) is 50.5 Å². The smallest absolute Gasteiger partial charge is 0.0594 e. The average molecular weight is 227 g/mol. The highest BCUT2D eigenvalue weighted by Crippen LogP contribution is 2.36. The second kappa shape index (κ2) is 5.00. The van der Waals surface area contributed by atoms with Gasteiger partial charge in [-0.3, -0.25) is 16.2 Å². The van der Waals surface area contributed by atoms with E-state index in [1.807, 2.05) is 0 Å². The van der Waals surface area contributed by atoms with E-state index in [2.05, 4.69) is 24.2 Å². The molecule has 2 rings (SSSR count). The van der Waals surface area contributed by atoms with Gasteiger partial charge in [0, 0.05) is 24.7 Å². The molecule has 0 amide bonds. The van der Waals surface area contributed by atoms with Crippen molar-refractivity contribution in [3.8, 4) is 0 Å². The molecule has 4 heteroatoms. The van der Waals surface area contributed by atoms with Gasteiger partial charge in [0.25, 0.3) is 0 Å². The van der Waals surface area contributed by atoms with Crippen molar-refractivity contribution in [3.63, 3.8) is 0 Å². The largest absolute Gasteiger partial charge is 0.379 e. The number of nitrogens with two attached hydrogens (primary N) is 1. The SMILES string of the molecule is CC(C)(C(NN)C1CCC1)N1CCOCC1. The van der Waals surface area contributed by atoms with Crippen molar-refractivity contribution in [1.29, 1.82) is 0 Å². The molecule has 1 saturated carbocycles. The minimum absolute atomic E-state index is 0.129. The summed E-state index contributed by atoms with van der Waals surface area (Å²) in [6.07, 6.45) is 4.01. The van der Waals surface area contributed by atoms with Crippen LogP contribution in [0.15, 0.2) is 0 Å². The molecule has 2 aliphatic rings. The van der Waals surface area contributed by atoms with Crippen LogP contribution in [0.4, 0.5) is 0 Å². The standard InChI is InChI=1S/C12H25N3O/c1-12(2,15-6-8-16-9-7-15)11(14-13)10-4-3-5-10/h10-11,14H,3-9,13H2,1-2H3. The van der Waals surface area contributed by atoms with Crippen LogP contribution in [-0.4, -0.2) is 42.8 Å². The predicted octanol–water partition coefficient (Wildman–Crippen LogP) is 0.729. The normalized spacial score (nSPS) is 26.4. The van der Waals surface area contributed by atoms with Crippen molar-refractivity contribution in [2.75, 3.05) is 26.3 Å². The molecule has 0 aromatic heterocycles. The van der Waals surface area contributed by atoms with E-state index < -0.39 is 0 Å². The molecule has 0 bridgehead atoms. The van der Waals surface area contributed by atoms with E-state index in [1.54, 1.807) is 0 Å². The fourth-order valence-electron chi connectivity index (χ4n) is 3.03. The van der Waals surface area contributed by atoms with E-state index in [0.29, 0.717) is 6.04 Å². The van der Waals surface area contributed by atoms with Crippen LogP contribution in [0, 0.1) is 5.92 Å². The quantitative estimate of drug-likeness (QED) is 0.549. The van der Waals surface area contributed by atoms with E-state index in [9.17, 15) is 0 Å². The Labute approximate surface area is 98.5 Å². The van der Waals surface area contributed by atoms with Gasteiger partial charge < -0.3 is 4.74 Å². The summed E-state index contributed by atoms with van der Waals surface area (Å²) in [4.78, 5) is 2.51. The molecule has 2 fully saturated rings. The number of hydrazine groups is 1. The summed E-state index contributed by atoms with van der Waals surface area (Å²) in [6.45, 7) is 8.37. The summed E-state index contributed by atoms with van der Waals surface area (Å²) in [5, 5.41) is 0. The summed E-state index contributed by atoms with van der Waals surface area (Å²) in [6, 6.07) is 0.402. The molecule has 3 N–H and O–H groups in total. The zero-order chi connectivity index (χ0) is 11.6. The number of nitrogens with one attached hydrogen (secondary N) is 1. The van der Waals surface area contributed by atoms with Crippen molar-refractivity contribution >= 4 is 0 Å². The molecule has 1 unspecified atom stereocenters. The Hall–Kier alpha value is -0.160. The first-order valence-electron chi connectivity index (χ1n) is 6.45. The Bertz CT molecular complexity index is 222. The molecule has 0 radical (unpaired) electrons. The highest BCUT2D eigenvalue weighted by molar-refractivity contribution is 4.99. The van der Waals surface area contributed by atoms with Crippen LogP contribution in [0.25, 0.3) is 0 Å². The minimum atomic E-state index is 0.129. The van der Waals surface area contributed by atoms with E-state index in [1.165, 1.54) is 19.3 Å². The summed E-state index contributed by atoms with van der Waals surface area (Å²) >= 11 is 0. The average Bonchev–Trinajstić information content (AvgIpc) is 2.24. The summed E-state index contributed by atoms with van der Waals surface area (Å²) in [5.41, 5.74) is 3.19. The Morgan fingerprint density at radius 1 is 1.31 bits per heavy atom. The number of nitrogens with zero attached hydrogens (tertiary/aromatic N) is 1. The molecular weight excluding hydrogens is 202 g/mol. The van der Waals surface area contributed by atoms with Gasteiger partial charge in [0.1, 0.15) is 0 Å². The molecule has 1 saturated heterocycles. The lowest BCUT2D eigenvalue weighted by molar-refractivity contribution is -0.0381. The van der Waals surface area contributed by atoms with Crippen LogP contribution in [0.2, 0.25) is 0 Å². The Balaban J connectivity index is 2.01. The maximum Gasteiger partial charge on any atom is 0.0594 e. The van der Waals surface area contributed by atoms with Crippen LogP contribution >= 0.6 is 0 Å². The summed E-state index contributed by atoms with van der Waals surface area (Å²) < 4.78 is 5.42. The lowest BCUT2D eigenvalue weighted by Gasteiger charge is -2.50. The predicted molar refractivity (Wildman–Crippen MR) is 64.9 cm³/mol. The Kier molecular flexibility index (Phi) is 3.85. The zero-order valence-corrected chi connectivity index (χ0v) is 10.5. The highest BCUT2D eigenvalue weighted by atomic mass is 16.5. The molecule has 1 heterocycles. The van der Waals surface area contributed by atoms with Crippen LogP contribution in [-0.2, 0) is 4.74 Å². The second-order valence-corrected chi connectivity index (χ2v) is 5.59. The third-order valence-corrected chi connectivity index (χ3v) is 4.39. The first-order valence-corrected chi connectivity index (χ1v) is 6.45. The van der Waals surface area contributed by atoms with E-state index in [0.717, 1.165) is 32.2 Å². The lowest BCUT2D eigenvalue weighted by atomic mass is 9.72. The summed E-state index contributed by atoms with van der Waals surface area (Å²) in [7, 11) is 0. The Morgan fingerprint density at radius 2 is 1.94 bits per heavy atom. The van der Waals surface area contributed by atoms with Crippen molar-refractivity contribution in [1.82, 2.24) is 10.3 Å². The van der Waals surface area contributed by atoms with Gasteiger partial charge in [0.05, 0.1) is 13.2 Å². The molecule has 1 aliphatic carbocycles. The van der Waals surface area contributed by atoms with Crippen molar-refractivity contribution in [2.24, 2.45) is 11.8 Å². The van der Waals surface area contributed by atoms with Crippen molar-refractivity contribution < 1.29 is 4.74 Å². The minimum Gasteiger partial charge on any atom is -0.379 e. The fraction of sp³-hybridized carbons (Fsp3) is 1.00. The number of morpholine rings is 1. The number of hydrogen-bond donors (Lipinski definition) is 2. The van der Waals surface area contributed by atoms with Crippen molar-refractivity contribution in [3.05, 3.63) is 0 Å². The molecule has 0 spiro atoms.